The first-order valence-electron chi connectivity index (χ1n) is 9.98. The zero-order valence-corrected chi connectivity index (χ0v) is 18.0. The number of anilines is 1. The Hall–Kier alpha value is -3.36. The molecule has 156 valence electrons. The molecule has 0 fully saturated rings. The number of hydrogen-bond donors (Lipinski definition) is 1. The van der Waals surface area contributed by atoms with E-state index in [0.717, 1.165) is 21.7 Å². The molecule has 1 aliphatic rings. The molecule has 3 aromatic heterocycles. The van der Waals surface area contributed by atoms with E-state index in [1.807, 2.05) is 56.3 Å². The molecule has 5 rings (SSSR count). The summed E-state index contributed by atoms with van der Waals surface area (Å²) in [5.74, 6) is 0.364. The van der Waals surface area contributed by atoms with E-state index < -0.39 is 0 Å². The maximum Gasteiger partial charge on any atom is 0.268 e. The molecule has 0 aliphatic carbocycles. The zero-order valence-electron chi connectivity index (χ0n) is 17.2. The second kappa shape index (κ2) is 7.72. The molecule has 0 saturated carbocycles. The molecule has 0 amide bonds. The molecule has 0 atom stereocenters. The van der Waals surface area contributed by atoms with Crippen molar-refractivity contribution >= 4 is 33.7 Å². The van der Waals surface area contributed by atoms with E-state index in [0.29, 0.717) is 29.2 Å². The molecule has 8 heteroatoms. The second-order valence-electron chi connectivity index (χ2n) is 7.98. The number of pyridine rings is 1. The summed E-state index contributed by atoms with van der Waals surface area (Å²) in [7, 11) is 0. The number of hydrazone groups is 1. The number of thiophene rings is 1. The van der Waals surface area contributed by atoms with Gasteiger partial charge in [0.05, 0.1) is 29.5 Å². The van der Waals surface area contributed by atoms with Crippen molar-refractivity contribution in [1.82, 2.24) is 14.5 Å². The van der Waals surface area contributed by atoms with E-state index in [1.165, 1.54) is 11.3 Å². The van der Waals surface area contributed by atoms with Gasteiger partial charge in [-0.2, -0.15) is 5.10 Å². The fraction of sp³-hybridized carbons (Fsp3) is 0.217. The molecule has 1 N–H and O–H groups in total. The van der Waals surface area contributed by atoms with Crippen molar-refractivity contribution in [2.45, 2.75) is 32.5 Å². The van der Waals surface area contributed by atoms with Crippen LogP contribution in [0.1, 0.15) is 29.9 Å². The predicted molar refractivity (Wildman–Crippen MR) is 123 cm³/mol. The Balaban J connectivity index is 1.66. The third kappa shape index (κ3) is 3.75. The van der Waals surface area contributed by atoms with Crippen molar-refractivity contribution in [2.24, 2.45) is 5.10 Å². The van der Waals surface area contributed by atoms with Crippen molar-refractivity contribution in [3.05, 3.63) is 81.2 Å². The highest BCUT2D eigenvalue weighted by molar-refractivity contribution is 7.18. The van der Waals surface area contributed by atoms with E-state index in [4.69, 9.17) is 9.72 Å². The van der Waals surface area contributed by atoms with Gasteiger partial charge in [-0.05, 0) is 37.6 Å². The minimum atomic E-state index is -0.310. The van der Waals surface area contributed by atoms with Crippen LogP contribution in [0.2, 0.25) is 0 Å². The third-order valence-corrected chi connectivity index (χ3v) is 6.28. The smallest absolute Gasteiger partial charge is 0.268 e. The summed E-state index contributed by atoms with van der Waals surface area (Å²) in [6.45, 7) is 4.59. The van der Waals surface area contributed by atoms with Gasteiger partial charge in [-0.15, -0.1) is 11.3 Å². The van der Waals surface area contributed by atoms with Crippen LogP contribution in [0.15, 0.2) is 64.8 Å². The van der Waals surface area contributed by atoms with Crippen LogP contribution in [-0.2, 0) is 17.8 Å². The number of nitrogens with one attached hydrogen (secondary N) is 1. The molecule has 0 spiro atoms. The van der Waals surface area contributed by atoms with Crippen LogP contribution in [0.4, 0.5) is 5.95 Å². The molecule has 1 aliphatic heterocycles. The minimum Gasteiger partial charge on any atom is -0.370 e. The lowest BCUT2D eigenvalue weighted by Gasteiger charge is -2.29. The van der Waals surface area contributed by atoms with Crippen molar-refractivity contribution in [1.29, 1.82) is 0 Å². The van der Waals surface area contributed by atoms with Gasteiger partial charge in [0.15, 0.2) is 0 Å². The molecule has 0 radical (unpaired) electrons. The first kappa shape index (κ1) is 19.6. The number of nitrogens with zero attached hydrogens (tertiary/aromatic N) is 4. The average molecular weight is 432 g/mol. The van der Waals surface area contributed by atoms with Crippen LogP contribution in [0, 0.1) is 0 Å². The maximum atomic E-state index is 13.7. The van der Waals surface area contributed by atoms with E-state index in [1.54, 1.807) is 23.2 Å². The SMILES string of the molecule is CC1(C)Cc2c(sc3nc(NN=Cc4cccnc4)n(-c4ccccc4)c(=O)c23)CO1. The molecule has 4 heterocycles. The van der Waals surface area contributed by atoms with Crippen LogP contribution in [0.3, 0.4) is 0 Å². The van der Waals surface area contributed by atoms with E-state index in [9.17, 15) is 4.79 Å². The Bertz CT molecular complexity index is 1330. The Morgan fingerprint density at radius 3 is 2.84 bits per heavy atom. The van der Waals surface area contributed by atoms with Gasteiger partial charge in [0.1, 0.15) is 4.83 Å². The number of para-hydroxylation sites is 1. The van der Waals surface area contributed by atoms with Crippen molar-refractivity contribution in [3.63, 3.8) is 0 Å². The summed E-state index contributed by atoms with van der Waals surface area (Å²) < 4.78 is 7.53. The van der Waals surface area contributed by atoms with Crippen molar-refractivity contribution in [3.8, 4) is 5.69 Å². The summed E-state index contributed by atoms with van der Waals surface area (Å²) in [6.07, 6.45) is 5.74. The van der Waals surface area contributed by atoms with Crippen LogP contribution in [-0.4, -0.2) is 26.4 Å². The fourth-order valence-electron chi connectivity index (χ4n) is 3.70. The average Bonchev–Trinajstić information content (AvgIpc) is 3.12. The summed E-state index contributed by atoms with van der Waals surface area (Å²) in [5, 5.41) is 4.96. The first-order chi connectivity index (χ1) is 15.0. The van der Waals surface area contributed by atoms with Crippen LogP contribution in [0.25, 0.3) is 15.9 Å². The minimum absolute atomic E-state index is 0.106. The molecule has 31 heavy (non-hydrogen) atoms. The number of benzene rings is 1. The van der Waals surface area contributed by atoms with Crippen LogP contribution < -0.4 is 11.0 Å². The molecule has 0 bridgehead atoms. The third-order valence-electron chi connectivity index (χ3n) is 5.18. The quantitative estimate of drug-likeness (QED) is 0.388. The largest absolute Gasteiger partial charge is 0.370 e. The standard InChI is InChI=1S/C23H21N5O2S/c1-23(2)11-17-18(14-30-23)31-20-19(17)21(29)28(16-8-4-3-5-9-16)22(26-20)27-25-13-15-7-6-10-24-12-15/h3-10,12-13H,11,14H2,1-2H3,(H,26,27). The summed E-state index contributed by atoms with van der Waals surface area (Å²) in [5.41, 5.74) is 5.16. The Labute approximate surface area is 183 Å². The summed E-state index contributed by atoms with van der Waals surface area (Å²) >= 11 is 1.51. The van der Waals surface area contributed by atoms with E-state index in [2.05, 4.69) is 15.5 Å². The van der Waals surface area contributed by atoms with Crippen LogP contribution in [0.5, 0.6) is 0 Å². The first-order valence-corrected chi connectivity index (χ1v) is 10.8. The summed E-state index contributed by atoms with van der Waals surface area (Å²) in [4.78, 5) is 24.3. The molecule has 1 aromatic carbocycles. The summed E-state index contributed by atoms with van der Waals surface area (Å²) in [6, 6.07) is 13.2. The predicted octanol–water partition coefficient (Wildman–Crippen LogP) is 4.14. The highest BCUT2D eigenvalue weighted by atomic mass is 32.1. The normalized spacial score (nSPS) is 15.3. The Kier molecular flexibility index (Phi) is 4.88. The zero-order chi connectivity index (χ0) is 21.4. The Morgan fingerprint density at radius 2 is 2.06 bits per heavy atom. The van der Waals surface area contributed by atoms with E-state index in [-0.39, 0.29) is 11.2 Å². The number of rotatable bonds is 4. The lowest BCUT2D eigenvalue weighted by Crippen LogP contribution is -2.32. The van der Waals surface area contributed by atoms with Crippen molar-refractivity contribution in [2.75, 3.05) is 5.43 Å². The molecule has 4 aromatic rings. The topological polar surface area (TPSA) is 81.4 Å². The number of hydrogen-bond acceptors (Lipinski definition) is 7. The monoisotopic (exact) mass is 431 g/mol. The van der Waals surface area contributed by atoms with Gasteiger partial charge in [0, 0.05) is 29.3 Å². The van der Waals surface area contributed by atoms with Crippen molar-refractivity contribution < 1.29 is 4.74 Å². The van der Waals surface area contributed by atoms with Gasteiger partial charge >= 0.3 is 0 Å². The number of fused-ring (bicyclic) bond motifs is 3. The van der Waals surface area contributed by atoms with Gasteiger partial charge in [-0.1, -0.05) is 24.3 Å². The Morgan fingerprint density at radius 1 is 1.23 bits per heavy atom. The lowest BCUT2D eigenvalue weighted by atomic mass is 9.94. The highest BCUT2D eigenvalue weighted by Gasteiger charge is 2.31. The molecule has 7 nitrogen and oxygen atoms in total. The van der Waals surface area contributed by atoms with Gasteiger partial charge in [-0.25, -0.2) is 15.0 Å². The van der Waals surface area contributed by atoms with Gasteiger partial charge < -0.3 is 4.74 Å². The molecule has 0 unspecified atom stereocenters. The molecular weight excluding hydrogens is 410 g/mol. The number of ether oxygens (including phenoxy) is 1. The van der Waals surface area contributed by atoms with Gasteiger partial charge in [0.25, 0.3) is 5.56 Å². The van der Waals surface area contributed by atoms with Crippen LogP contribution >= 0.6 is 11.3 Å². The molecule has 0 saturated heterocycles. The molecular formula is C23H21N5O2S. The number of aromatic nitrogens is 3. The lowest BCUT2D eigenvalue weighted by molar-refractivity contribution is -0.0379. The van der Waals surface area contributed by atoms with Gasteiger partial charge in [-0.3, -0.25) is 9.78 Å². The highest BCUT2D eigenvalue weighted by Crippen LogP contribution is 2.37. The maximum absolute atomic E-state index is 13.7. The fourth-order valence-corrected chi connectivity index (χ4v) is 4.79. The van der Waals surface area contributed by atoms with Gasteiger partial charge in [0.2, 0.25) is 5.95 Å². The van der Waals surface area contributed by atoms with E-state index >= 15 is 0 Å². The second-order valence-corrected chi connectivity index (χ2v) is 9.06.